The van der Waals surface area contributed by atoms with E-state index in [9.17, 15) is 9.59 Å². The second-order valence-corrected chi connectivity index (χ2v) is 6.59. The van der Waals surface area contributed by atoms with Crippen LogP contribution >= 0.6 is 0 Å². The third kappa shape index (κ3) is 2.63. The molecule has 1 atom stereocenters. The first-order chi connectivity index (χ1) is 12.0. The number of carbonyl (C=O) groups is 2. The van der Waals surface area contributed by atoms with E-state index in [1.165, 1.54) is 0 Å². The lowest BCUT2D eigenvalue weighted by Gasteiger charge is -2.11. The fourth-order valence-corrected chi connectivity index (χ4v) is 3.52. The predicted octanol–water partition coefficient (Wildman–Crippen LogP) is 3.21. The highest BCUT2D eigenvalue weighted by atomic mass is 16.2. The van der Waals surface area contributed by atoms with Crippen LogP contribution in [-0.2, 0) is 6.42 Å². The highest BCUT2D eigenvalue weighted by Gasteiger charge is 2.27. The van der Waals surface area contributed by atoms with Gasteiger partial charge in [-0.25, -0.2) is 4.98 Å². The molecule has 4 rings (SSSR count). The summed E-state index contributed by atoms with van der Waals surface area (Å²) in [5.41, 5.74) is 4.62. The van der Waals surface area contributed by atoms with Crippen molar-refractivity contribution < 1.29 is 9.59 Å². The summed E-state index contributed by atoms with van der Waals surface area (Å²) in [5, 5.41) is 2.96. The number of nitrogens with one attached hydrogen (secondary N) is 3. The quantitative estimate of drug-likeness (QED) is 0.686. The van der Waals surface area contributed by atoms with Crippen molar-refractivity contribution in [1.82, 2.24) is 20.3 Å². The van der Waals surface area contributed by atoms with Crippen LogP contribution in [-0.4, -0.2) is 26.6 Å². The minimum Gasteiger partial charge on any atom is -0.354 e. The molecule has 2 aromatic heterocycles. The number of amides is 1. The number of aromatic nitrogens is 3. The van der Waals surface area contributed by atoms with Gasteiger partial charge in [-0.2, -0.15) is 0 Å². The molecule has 0 bridgehead atoms. The number of fused-ring (bicyclic) bond motifs is 2. The monoisotopic (exact) mass is 336 g/mol. The van der Waals surface area contributed by atoms with Crippen molar-refractivity contribution in [2.45, 2.75) is 39.2 Å². The number of rotatable bonds is 3. The average molecular weight is 336 g/mol. The van der Waals surface area contributed by atoms with Crippen LogP contribution in [0.1, 0.15) is 63.7 Å². The van der Waals surface area contributed by atoms with Crippen LogP contribution in [0, 0.1) is 6.92 Å². The Morgan fingerprint density at radius 1 is 1.24 bits per heavy atom. The number of carbonyl (C=O) groups excluding carboxylic acids is 2. The Balaban J connectivity index is 1.58. The Labute approximate surface area is 145 Å². The van der Waals surface area contributed by atoms with Crippen molar-refractivity contribution in [1.29, 1.82) is 0 Å². The molecule has 0 saturated heterocycles. The summed E-state index contributed by atoms with van der Waals surface area (Å²) in [7, 11) is 0. The van der Waals surface area contributed by atoms with Crippen LogP contribution in [0.25, 0.3) is 11.0 Å². The van der Waals surface area contributed by atoms with E-state index in [0.29, 0.717) is 23.5 Å². The fourth-order valence-electron chi connectivity index (χ4n) is 3.52. The molecule has 0 fully saturated rings. The van der Waals surface area contributed by atoms with Gasteiger partial charge in [0.1, 0.15) is 11.5 Å². The van der Waals surface area contributed by atoms with Crippen LogP contribution in [0.15, 0.2) is 24.3 Å². The zero-order valence-corrected chi connectivity index (χ0v) is 14.3. The van der Waals surface area contributed by atoms with Crippen LogP contribution in [0.4, 0.5) is 0 Å². The van der Waals surface area contributed by atoms with Gasteiger partial charge in [0.15, 0.2) is 5.78 Å². The molecule has 128 valence electrons. The zero-order chi connectivity index (χ0) is 17.6. The van der Waals surface area contributed by atoms with E-state index >= 15 is 0 Å². The van der Waals surface area contributed by atoms with Crippen molar-refractivity contribution in [2.24, 2.45) is 0 Å². The normalized spacial score (nSPS) is 15.2. The van der Waals surface area contributed by atoms with E-state index in [-0.39, 0.29) is 17.7 Å². The van der Waals surface area contributed by atoms with Crippen molar-refractivity contribution in [2.75, 3.05) is 0 Å². The third-order valence-corrected chi connectivity index (χ3v) is 4.83. The molecule has 0 aliphatic heterocycles. The predicted molar refractivity (Wildman–Crippen MR) is 94.8 cm³/mol. The number of hydrogen-bond donors (Lipinski definition) is 3. The molecule has 1 aliphatic rings. The molecule has 3 N–H and O–H groups in total. The number of Topliss-reactive ketones (excluding diaryl/α,β-unsaturated/α-hetero) is 1. The molecule has 0 saturated carbocycles. The van der Waals surface area contributed by atoms with E-state index in [1.807, 2.05) is 38.1 Å². The van der Waals surface area contributed by atoms with Gasteiger partial charge < -0.3 is 15.3 Å². The second-order valence-electron chi connectivity index (χ2n) is 6.59. The largest absolute Gasteiger partial charge is 0.354 e. The minimum absolute atomic E-state index is 0.124. The minimum atomic E-state index is -0.268. The van der Waals surface area contributed by atoms with Gasteiger partial charge in [0.25, 0.3) is 5.91 Å². The summed E-state index contributed by atoms with van der Waals surface area (Å²) in [6.45, 7) is 3.72. The Morgan fingerprint density at radius 2 is 2.04 bits per heavy atom. The van der Waals surface area contributed by atoms with Gasteiger partial charge in [0.2, 0.25) is 0 Å². The van der Waals surface area contributed by atoms with Crippen molar-refractivity contribution >= 4 is 22.7 Å². The highest BCUT2D eigenvalue weighted by Crippen LogP contribution is 2.27. The van der Waals surface area contributed by atoms with Crippen molar-refractivity contribution in [3.63, 3.8) is 0 Å². The number of benzene rings is 1. The molecule has 0 radical (unpaired) electrons. The SMILES string of the molecule is Cc1c(C(=O)N[C@@H](C)c2nc3ccccc3[nH]2)[nH]c2c1C(=O)CCC2. The number of imidazole rings is 1. The smallest absolute Gasteiger partial charge is 0.268 e. The first-order valence-corrected chi connectivity index (χ1v) is 8.54. The maximum atomic E-state index is 12.7. The molecule has 1 aromatic carbocycles. The van der Waals surface area contributed by atoms with E-state index < -0.39 is 0 Å². The van der Waals surface area contributed by atoms with E-state index in [2.05, 4.69) is 20.3 Å². The van der Waals surface area contributed by atoms with Crippen LogP contribution in [0.5, 0.6) is 0 Å². The summed E-state index contributed by atoms with van der Waals surface area (Å²) < 4.78 is 0. The molecule has 6 nitrogen and oxygen atoms in total. The molecule has 0 spiro atoms. The molecule has 1 amide bonds. The van der Waals surface area contributed by atoms with Gasteiger partial charge >= 0.3 is 0 Å². The van der Waals surface area contributed by atoms with Gasteiger partial charge in [-0.3, -0.25) is 9.59 Å². The number of H-pyrrole nitrogens is 2. The molecule has 2 heterocycles. The Morgan fingerprint density at radius 3 is 2.80 bits per heavy atom. The summed E-state index contributed by atoms with van der Waals surface area (Å²) in [6, 6.07) is 7.49. The first-order valence-electron chi connectivity index (χ1n) is 8.54. The number of aryl methyl sites for hydroxylation is 1. The van der Waals surface area contributed by atoms with Gasteiger partial charge in [-0.15, -0.1) is 0 Å². The lowest BCUT2D eigenvalue weighted by molar-refractivity contribution is 0.0932. The molecular formula is C19H20N4O2. The van der Waals surface area contributed by atoms with E-state index in [0.717, 1.165) is 35.1 Å². The van der Waals surface area contributed by atoms with Crippen LogP contribution in [0.3, 0.4) is 0 Å². The maximum absolute atomic E-state index is 12.7. The molecule has 25 heavy (non-hydrogen) atoms. The summed E-state index contributed by atoms with van der Waals surface area (Å²) in [5.74, 6) is 0.617. The molecular weight excluding hydrogens is 316 g/mol. The van der Waals surface area contributed by atoms with Crippen molar-refractivity contribution in [3.8, 4) is 0 Å². The topological polar surface area (TPSA) is 90.6 Å². The van der Waals surface area contributed by atoms with Gasteiger partial charge in [-0.05, 0) is 44.4 Å². The number of ketones is 1. The average Bonchev–Trinajstić information content (AvgIpc) is 3.17. The Hall–Kier alpha value is -2.89. The Bertz CT molecular complexity index is 950. The highest BCUT2D eigenvalue weighted by molar-refractivity contribution is 6.04. The standard InChI is InChI=1S/C19H20N4O2/c1-10-16-14(8-5-9-15(16)24)21-17(10)19(25)20-11(2)18-22-12-6-3-4-7-13(12)23-18/h3-4,6-7,11,21H,5,8-9H2,1-2H3,(H,20,25)(H,22,23)/t11-/m0/s1. The molecule has 1 aliphatic carbocycles. The lowest BCUT2D eigenvalue weighted by atomic mass is 9.94. The summed E-state index contributed by atoms with van der Waals surface area (Å²) >= 11 is 0. The van der Waals surface area contributed by atoms with Crippen molar-refractivity contribution in [3.05, 3.63) is 52.6 Å². The third-order valence-electron chi connectivity index (χ3n) is 4.83. The zero-order valence-electron chi connectivity index (χ0n) is 14.3. The van der Waals surface area contributed by atoms with E-state index in [1.54, 1.807) is 0 Å². The summed E-state index contributed by atoms with van der Waals surface area (Å²) in [4.78, 5) is 35.7. The summed E-state index contributed by atoms with van der Waals surface area (Å²) in [6.07, 6.45) is 2.21. The number of para-hydroxylation sites is 2. The lowest BCUT2D eigenvalue weighted by Crippen LogP contribution is -2.28. The van der Waals surface area contributed by atoms with Gasteiger partial charge in [-0.1, -0.05) is 12.1 Å². The molecule has 6 heteroatoms. The second kappa shape index (κ2) is 5.88. The molecule has 3 aromatic rings. The van der Waals surface area contributed by atoms with Crippen LogP contribution in [0.2, 0.25) is 0 Å². The first kappa shape index (κ1) is 15.6. The number of aromatic amines is 2. The fraction of sp³-hybridized carbons (Fsp3) is 0.316. The van der Waals surface area contributed by atoms with Gasteiger partial charge in [0, 0.05) is 17.7 Å². The Kier molecular flexibility index (Phi) is 3.67. The maximum Gasteiger partial charge on any atom is 0.268 e. The van der Waals surface area contributed by atoms with Gasteiger partial charge in [0.05, 0.1) is 17.1 Å². The number of hydrogen-bond acceptors (Lipinski definition) is 3. The van der Waals surface area contributed by atoms with E-state index in [4.69, 9.17) is 0 Å². The number of nitrogens with zero attached hydrogens (tertiary/aromatic N) is 1. The van der Waals surface area contributed by atoms with Crippen LogP contribution < -0.4 is 5.32 Å². The molecule has 0 unspecified atom stereocenters.